The first-order chi connectivity index (χ1) is 8.28. The van der Waals surface area contributed by atoms with Crippen LogP contribution in [0.1, 0.15) is 19.8 Å². The Bertz CT molecular complexity index is 279. The predicted octanol–water partition coefficient (Wildman–Crippen LogP) is 1.15. The van der Waals surface area contributed by atoms with E-state index in [0.29, 0.717) is 19.0 Å². The molecular weight excluding hydrogens is 283 g/mol. The molecule has 1 rings (SSSR count). The number of nitrogens with one attached hydrogen (secondary N) is 1. The van der Waals surface area contributed by atoms with E-state index < -0.39 is 18.6 Å². The van der Waals surface area contributed by atoms with E-state index in [1.165, 1.54) is 0 Å². The Kier molecular flexibility index (Phi) is 7.69. The molecule has 1 unspecified atom stereocenters. The van der Waals surface area contributed by atoms with Crippen molar-refractivity contribution in [1.82, 2.24) is 10.2 Å². The lowest BCUT2D eigenvalue weighted by Crippen LogP contribution is -2.45. The van der Waals surface area contributed by atoms with Gasteiger partial charge in [0.2, 0.25) is 5.91 Å². The third kappa shape index (κ3) is 7.59. The molecule has 0 spiro atoms. The van der Waals surface area contributed by atoms with Gasteiger partial charge in [-0.25, -0.2) is 0 Å². The second-order valence-electron chi connectivity index (χ2n) is 4.86. The van der Waals surface area contributed by atoms with Crippen LogP contribution in [0.5, 0.6) is 0 Å². The summed E-state index contributed by atoms with van der Waals surface area (Å²) in [6, 6.07) is 0.131. The number of amides is 1. The van der Waals surface area contributed by atoms with E-state index in [2.05, 4.69) is 0 Å². The van der Waals surface area contributed by atoms with Crippen molar-refractivity contribution >= 4 is 18.3 Å². The molecule has 0 saturated carbocycles. The molecule has 1 amide bonds. The minimum absolute atomic E-state index is 0. The summed E-state index contributed by atoms with van der Waals surface area (Å²) in [6.45, 7) is 2.15. The maximum absolute atomic E-state index is 11.9. The zero-order chi connectivity index (χ0) is 13.8. The molecule has 3 N–H and O–H groups in total. The summed E-state index contributed by atoms with van der Waals surface area (Å²) in [5, 5.41) is 1.87. The van der Waals surface area contributed by atoms with Gasteiger partial charge in [0.25, 0.3) is 0 Å². The number of alkyl halides is 3. The van der Waals surface area contributed by atoms with E-state index in [9.17, 15) is 18.0 Å². The Morgan fingerprint density at radius 2 is 1.95 bits per heavy atom. The fraction of sp³-hybridized carbons (Fsp3) is 0.909. The van der Waals surface area contributed by atoms with Gasteiger partial charge in [0.05, 0.1) is 6.54 Å². The molecule has 0 radical (unpaired) electrons. The van der Waals surface area contributed by atoms with E-state index in [1.807, 2.05) is 17.1 Å². The number of rotatable bonds is 4. The van der Waals surface area contributed by atoms with Gasteiger partial charge in [-0.2, -0.15) is 13.2 Å². The lowest BCUT2D eigenvalue weighted by molar-refractivity contribution is -0.139. The summed E-state index contributed by atoms with van der Waals surface area (Å²) in [6.07, 6.45) is -2.56. The van der Waals surface area contributed by atoms with E-state index in [-0.39, 0.29) is 25.0 Å². The zero-order valence-corrected chi connectivity index (χ0v) is 11.7. The number of hydrogen-bond donors (Lipinski definition) is 2. The molecule has 1 aliphatic rings. The summed E-state index contributed by atoms with van der Waals surface area (Å²) in [4.78, 5) is 13.2. The number of nitrogens with zero attached hydrogens (tertiary/aromatic N) is 1. The Balaban J connectivity index is 0.00000324. The van der Waals surface area contributed by atoms with Gasteiger partial charge in [-0.3, -0.25) is 9.69 Å². The van der Waals surface area contributed by atoms with Gasteiger partial charge < -0.3 is 11.1 Å². The highest BCUT2D eigenvalue weighted by atomic mass is 35.5. The average molecular weight is 304 g/mol. The van der Waals surface area contributed by atoms with Gasteiger partial charge in [-0.05, 0) is 38.8 Å². The monoisotopic (exact) mass is 303 g/mol. The Morgan fingerprint density at radius 1 is 1.42 bits per heavy atom. The molecule has 8 heteroatoms. The van der Waals surface area contributed by atoms with Gasteiger partial charge >= 0.3 is 6.18 Å². The second kappa shape index (κ2) is 7.91. The van der Waals surface area contributed by atoms with Crippen LogP contribution >= 0.6 is 12.4 Å². The summed E-state index contributed by atoms with van der Waals surface area (Å²) in [5.41, 5.74) is 5.79. The van der Waals surface area contributed by atoms with Crippen molar-refractivity contribution < 1.29 is 18.0 Å². The van der Waals surface area contributed by atoms with Gasteiger partial charge in [-0.15, -0.1) is 12.4 Å². The average Bonchev–Trinajstić information content (AvgIpc) is 2.26. The number of hydrogen-bond acceptors (Lipinski definition) is 3. The van der Waals surface area contributed by atoms with Crippen LogP contribution in [0.15, 0.2) is 0 Å². The highest BCUT2D eigenvalue weighted by Gasteiger charge is 2.28. The van der Waals surface area contributed by atoms with Crippen LogP contribution in [0.25, 0.3) is 0 Å². The standard InChI is InChI=1S/C11H20F3N3O.ClH/c1-8(15)9-2-4-17(5-3-9)6-10(18)16-7-11(12,13)14;/h8-9H,2-7,15H2,1H3,(H,16,18);1H. The van der Waals surface area contributed by atoms with Crippen molar-refractivity contribution in [2.24, 2.45) is 11.7 Å². The summed E-state index contributed by atoms with van der Waals surface area (Å²) >= 11 is 0. The van der Waals surface area contributed by atoms with E-state index >= 15 is 0 Å². The SMILES string of the molecule is CC(N)C1CCN(CC(=O)NCC(F)(F)F)CC1.Cl. The first-order valence-corrected chi connectivity index (χ1v) is 6.09. The van der Waals surface area contributed by atoms with Crippen LogP contribution in [0.3, 0.4) is 0 Å². The Labute approximate surface area is 117 Å². The third-order valence-corrected chi connectivity index (χ3v) is 3.23. The molecule has 0 bridgehead atoms. The number of likely N-dealkylation sites (tertiary alicyclic amines) is 1. The minimum Gasteiger partial charge on any atom is -0.346 e. The normalized spacial score (nSPS) is 19.6. The molecule has 0 aromatic carbocycles. The molecule has 1 aliphatic heterocycles. The highest BCUT2D eigenvalue weighted by Crippen LogP contribution is 2.19. The predicted molar refractivity (Wildman–Crippen MR) is 69.1 cm³/mol. The zero-order valence-electron chi connectivity index (χ0n) is 10.9. The van der Waals surface area contributed by atoms with Crippen LogP contribution < -0.4 is 11.1 Å². The van der Waals surface area contributed by atoms with Crippen LogP contribution in [0, 0.1) is 5.92 Å². The number of nitrogens with two attached hydrogens (primary N) is 1. The molecule has 1 saturated heterocycles. The van der Waals surface area contributed by atoms with Crippen LogP contribution in [-0.4, -0.2) is 49.2 Å². The molecule has 1 heterocycles. The molecule has 4 nitrogen and oxygen atoms in total. The van der Waals surface area contributed by atoms with Crippen LogP contribution in [0.2, 0.25) is 0 Å². The fourth-order valence-corrected chi connectivity index (χ4v) is 2.09. The number of halogens is 4. The van der Waals surface area contributed by atoms with Crippen molar-refractivity contribution in [3.05, 3.63) is 0 Å². The highest BCUT2D eigenvalue weighted by molar-refractivity contribution is 5.85. The van der Waals surface area contributed by atoms with Crippen LogP contribution in [0.4, 0.5) is 13.2 Å². The summed E-state index contributed by atoms with van der Waals surface area (Å²) < 4.78 is 35.7. The maximum Gasteiger partial charge on any atom is 0.405 e. The Hall–Kier alpha value is -0.530. The van der Waals surface area contributed by atoms with E-state index in [4.69, 9.17) is 5.73 Å². The minimum atomic E-state index is -4.35. The van der Waals surface area contributed by atoms with Crippen molar-refractivity contribution in [2.45, 2.75) is 32.0 Å². The topological polar surface area (TPSA) is 58.4 Å². The molecular formula is C11H21ClF3N3O. The van der Waals surface area contributed by atoms with Crippen molar-refractivity contribution in [3.63, 3.8) is 0 Å². The first-order valence-electron chi connectivity index (χ1n) is 6.09. The lowest BCUT2D eigenvalue weighted by atomic mass is 9.91. The lowest BCUT2D eigenvalue weighted by Gasteiger charge is -2.33. The number of carbonyl (C=O) groups excluding carboxylic acids is 1. The van der Waals surface area contributed by atoms with Crippen molar-refractivity contribution in [3.8, 4) is 0 Å². The van der Waals surface area contributed by atoms with Crippen molar-refractivity contribution in [1.29, 1.82) is 0 Å². The largest absolute Gasteiger partial charge is 0.405 e. The second-order valence-corrected chi connectivity index (χ2v) is 4.86. The molecule has 114 valence electrons. The molecule has 0 aromatic heterocycles. The number of piperidine rings is 1. The maximum atomic E-state index is 11.9. The molecule has 1 fully saturated rings. The first kappa shape index (κ1) is 18.5. The molecule has 19 heavy (non-hydrogen) atoms. The molecule has 0 aromatic rings. The summed E-state index contributed by atoms with van der Waals surface area (Å²) in [7, 11) is 0. The van der Waals surface area contributed by atoms with Gasteiger partial charge in [0.1, 0.15) is 6.54 Å². The third-order valence-electron chi connectivity index (χ3n) is 3.23. The van der Waals surface area contributed by atoms with E-state index in [0.717, 1.165) is 12.8 Å². The number of carbonyl (C=O) groups is 1. The van der Waals surface area contributed by atoms with Crippen molar-refractivity contribution in [2.75, 3.05) is 26.2 Å². The fourth-order valence-electron chi connectivity index (χ4n) is 2.09. The molecule has 0 aliphatic carbocycles. The Morgan fingerprint density at radius 3 is 2.37 bits per heavy atom. The summed E-state index contributed by atoms with van der Waals surface area (Å²) in [5.74, 6) is -0.133. The van der Waals surface area contributed by atoms with E-state index in [1.54, 1.807) is 0 Å². The van der Waals surface area contributed by atoms with Crippen LogP contribution in [-0.2, 0) is 4.79 Å². The smallest absolute Gasteiger partial charge is 0.346 e. The van der Waals surface area contributed by atoms with Gasteiger partial charge in [-0.1, -0.05) is 0 Å². The quantitative estimate of drug-likeness (QED) is 0.819. The van der Waals surface area contributed by atoms with Gasteiger partial charge in [0, 0.05) is 6.04 Å². The van der Waals surface area contributed by atoms with Gasteiger partial charge in [0.15, 0.2) is 0 Å². The molecule has 1 atom stereocenters.